The van der Waals surface area contributed by atoms with Crippen LogP contribution in [0.15, 0.2) is 53.4 Å². The molecule has 6 heteroatoms. The lowest BCUT2D eigenvalue weighted by atomic mass is 10.1. The molecule has 3 rings (SSSR count). The first-order valence-corrected chi connectivity index (χ1v) is 8.95. The van der Waals surface area contributed by atoms with Crippen LogP contribution in [0.1, 0.15) is 12.0 Å². The zero-order valence-electron chi connectivity index (χ0n) is 12.9. The van der Waals surface area contributed by atoms with Crippen molar-refractivity contribution in [3.63, 3.8) is 0 Å². The smallest absolute Gasteiger partial charge is 0.238 e. The molecule has 0 radical (unpaired) electrons. The summed E-state index contributed by atoms with van der Waals surface area (Å²) >= 11 is 7.37. The van der Waals surface area contributed by atoms with Crippen LogP contribution >= 0.6 is 23.4 Å². The van der Waals surface area contributed by atoms with Crippen molar-refractivity contribution >= 4 is 40.9 Å². The second kappa shape index (κ2) is 7.73. The number of hydrogen-bond donors (Lipinski definition) is 2. The fourth-order valence-corrected chi connectivity index (χ4v) is 3.83. The van der Waals surface area contributed by atoms with Crippen LogP contribution in [0.2, 0.25) is 5.02 Å². The van der Waals surface area contributed by atoms with Gasteiger partial charge in [0.15, 0.2) is 0 Å². The van der Waals surface area contributed by atoms with E-state index in [9.17, 15) is 9.59 Å². The van der Waals surface area contributed by atoms with Crippen LogP contribution in [0.25, 0.3) is 0 Å². The Hall–Kier alpha value is -1.98. The van der Waals surface area contributed by atoms with Crippen molar-refractivity contribution in [3.8, 4) is 0 Å². The van der Waals surface area contributed by atoms with Crippen LogP contribution in [0.5, 0.6) is 0 Å². The normalized spacial score (nSPS) is 16.2. The molecule has 1 atom stereocenters. The highest BCUT2D eigenvalue weighted by Crippen LogP contribution is 2.36. The molecule has 2 N–H and O–H groups in total. The number of carbonyl (C=O) groups is 2. The first-order chi connectivity index (χ1) is 11.6. The van der Waals surface area contributed by atoms with E-state index >= 15 is 0 Å². The van der Waals surface area contributed by atoms with Crippen molar-refractivity contribution < 1.29 is 9.59 Å². The van der Waals surface area contributed by atoms with Gasteiger partial charge in [-0.15, -0.1) is 11.8 Å². The SMILES string of the molecule is O=C(CC1Sc2ccccc2NC1=O)NCCc1cccc(Cl)c1. The van der Waals surface area contributed by atoms with E-state index in [1.54, 1.807) is 0 Å². The third-order valence-electron chi connectivity index (χ3n) is 3.70. The third-order valence-corrected chi connectivity index (χ3v) is 5.21. The largest absolute Gasteiger partial charge is 0.356 e. The van der Waals surface area contributed by atoms with Crippen molar-refractivity contribution in [1.82, 2.24) is 5.32 Å². The predicted octanol–water partition coefficient (Wildman–Crippen LogP) is 3.50. The number of fused-ring (bicyclic) bond motifs is 1. The number of anilines is 1. The molecule has 1 aliphatic rings. The summed E-state index contributed by atoms with van der Waals surface area (Å²) in [4.78, 5) is 25.2. The van der Waals surface area contributed by atoms with Gasteiger partial charge in [-0.25, -0.2) is 0 Å². The highest BCUT2D eigenvalue weighted by Gasteiger charge is 2.28. The molecule has 4 nitrogen and oxygen atoms in total. The lowest BCUT2D eigenvalue weighted by molar-refractivity contribution is -0.124. The summed E-state index contributed by atoms with van der Waals surface area (Å²) in [5, 5.41) is 6.01. The van der Waals surface area contributed by atoms with Gasteiger partial charge < -0.3 is 10.6 Å². The van der Waals surface area contributed by atoms with Crippen molar-refractivity contribution in [3.05, 3.63) is 59.1 Å². The molecule has 24 heavy (non-hydrogen) atoms. The fraction of sp³-hybridized carbons (Fsp3) is 0.222. The Labute approximate surface area is 150 Å². The number of hydrogen-bond acceptors (Lipinski definition) is 3. The lowest BCUT2D eigenvalue weighted by Gasteiger charge is -2.23. The Morgan fingerprint density at radius 1 is 1.21 bits per heavy atom. The van der Waals surface area contributed by atoms with Gasteiger partial charge in [-0.1, -0.05) is 35.9 Å². The number of benzene rings is 2. The van der Waals surface area contributed by atoms with E-state index in [1.807, 2.05) is 48.5 Å². The number of rotatable bonds is 5. The number of amides is 2. The van der Waals surface area contributed by atoms with Crippen molar-refractivity contribution in [1.29, 1.82) is 0 Å². The molecule has 0 bridgehead atoms. The first kappa shape index (κ1) is 16.9. The molecule has 2 aromatic rings. The number of para-hydroxylation sites is 1. The molecule has 0 saturated heterocycles. The molecule has 2 amide bonds. The standard InChI is InChI=1S/C18H17ClN2O2S/c19-13-5-3-4-12(10-13)8-9-20-17(22)11-16-18(23)21-14-6-1-2-7-15(14)24-16/h1-7,10,16H,8-9,11H2,(H,20,22)(H,21,23). The second-order valence-corrected chi connectivity index (χ2v) is 7.21. The Balaban J connectivity index is 1.49. The quantitative estimate of drug-likeness (QED) is 0.858. The second-order valence-electron chi connectivity index (χ2n) is 5.53. The average Bonchev–Trinajstić information content (AvgIpc) is 2.55. The van der Waals surface area contributed by atoms with Gasteiger partial charge in [0, 0.05) is 22.9 Å². The fourth-order valence-electron chi connectivity index (χ4n) is 2.51. The number of carbonyl (C=O) groups excluding carboxylic acids is 2. The van der Waals surface area contributed by atoms with E-state index in [4.69, 9.17) is 11.6 Å². The van der Waals surface area contributed by atoms with E-state index < -0.39 is 5.25 Å². The molecule has 0 aliphatic carbocycles. The predicted molar refractivity (Wildman–Crippen MR) is 97.5 cm³/mol. The van der Waals surface area contributed by atoms with Gasteiger partial charge in [-0.2, -0.15) is 0 Å². The molecule has 0 fully saturated rings. The van der Waals surface area contributed by atoms with Crippen LogP contribution in [-0.2, 0) is 16.0 Å². The molecule has 1 unspecified atom stereocenters. The summed E-state index contributed by atoms with van der Waals surface area (Å²) in [7, 11) is 0. The Kier molecular flexibility index (Phi) is 5.43. The Morgan fingerprint density at radius 2 is 2.04 bits per heavy atom. The van der Waals surface area contributed by atoms with Gasteiger partial charge in [-0.3, -0.25) is 9.59 Å². The van der Waals surface area contributed by atoms with Gasteiger partial charge in [-0.05, 0) is 36.2 Å². The maximum Gasteiger partial charge on any atom is 0.238 e. The van der Waals surface area contributed by atoms with Gasteiger partial charge in [0.1, 0.15) is 0 Å². The number of thioether (sulfide) groups is 1. The zero-order valence-corrected chi connectivity index (χ0v) is 14.5. The summed E-state index contributed by atoms with van der Waals surface area (Å²) in [5.41, 5.74) is 1.88. The monoisotopic (exact) mass is 360 g/mol. The minimum Gasteiger partial charge on any atom is -0.356 e. The van der Waals surface area contributed by atoms with Crippen LogP contribution in [-0.4, -0.2) is 23.6 Å². The van der Waals surface area contributed by atoms with Crippen LogP contribution < -0.4 is 10.6 Å². The molecular weight excluding hydrogens is 344 g/mol. The van der Waals surface area contributed by atoms with E-state index in [0.29, 0.717) is 18.0 Å². The topological polar surface area (TPSA) is 58.2 Å². The lowest BCUT2D eigenvalue weighted by Crippen LogP contribution is -2.35. The Bertz CT molecular complexity index is 766. The molecule has 124 valence electrons. The summed E-state index contributed by atoms with van der Waals surface area (Å²) in [6.07, 6.45) is 0.875. The molecule has 1 aliphatic heterocycles. The van der Waals surface area contributed by atoms with E-state index in [0.717, 1.165) is 16.1 Å². The van der Waals surface area contributed by atoms with Gasteiger partial charge in [0.25, 0.3) is 0 Å². The summed E-state index contributed by atoms with van der Waals surface area (Å²) < 4.78 is 0. The van der Waals surface area contributed by atoms with Crippen LogP contribution in [0, 0.1) is 0 Å². The molecule has 1 heterocycles. The molecular formula is C18H17ClN2O2S. The highest BCUT2D eigenvalue weighted by molar-refractivity contribution is 8.01. The van der Waals surface area contributed by atoms with Crippen LogP contribution in [0.4, 0.5) is 5.69 Å². The third kappa shape index (κ3) is 4.30. The number of halogens is 1. The minimum absolute atomic E-state index is 0.121. The Morgan fingerprint density at radius 3 is 2.88 bits per heavy atom. The molecule has 0 spiro atoms. The van der Waals surface area contributed by atoms with E-state index in [-0.39, 0.29) is 18.2 Å². The van der Waals surface area contributed by atoms with Crippen molar-refractivity contribution in [2.75, 3.05) is 11.9 Å². The van der Waals surface area contributed by atoms with Gasteiger partial charge >= 0.3 is 0 Å². The van der Waals surface area contributed by atoms with E-state index in [1.165, 1.54) is 11.8 Å². The van der Waals surface area contributed by atoms with Crippen molar-refractivity contribution in [2.24, 2.45) is 0 Å². The summed E-state index contributed by atoms with van der Waals surface area (Å²) in [6, 6.07) is 15.2. The van der Waals surface area contributed by atoms with Crippen LogP contribution in [0.3, 0.4) is 0 Å². The van der Waals surface area contributed by atoms with E-state index in [2.05, 4.69) is 10.6 Å². The first-order valence-electron chi connectivity index (χ1n) is 7.69. The van der Waals surface area contributed by atoms with Crippen molar-refractivity contribution in [2.45, 2.75) is 23.0 Å². The summed E-state index contributed by atoms with van der Waals surface area (Å²) in [6.45, 7) is 0.523. The number of nitrogens with one attached hydrogen (secondary N) is 2. The molecule has 0 saturated carbocycles. The maximum atomic E-state index is 12.1. The van der Waals surface area contributed by atoms with Gasteiger partial charge in [0.05, 0.1) is 10.9 Å². The molecule has 2 aromatic carbocycles. The molecule has 0 aromatic heterocycles. The highest BCUT2D eigenvalue weighted by atomic mass is 35.5. The zero-order chi connectivity index (χ0) is 16.9. The maximum absolute atomic E-state index is 12.1. The van der Waals surface area contributed by atoms with Gasteiger partial charge in [0.2, 0.25) is 11.8 Å². The average molecular weight is 361 g/mol. The summed E-state index contributed by atoms with van der Waals surface area (Å²) in [5.74, 6) is -0.243. The minimum atomic E-state index is -0.397.